The lowest BCUT2D eigenvalue weighted by atomic mass is 10.8. The fourth-order valence-corrected chi connectivity index (χ4v) is 0.394. The van der Waals surface area contributed by atoms with Gasteiger partial charge in [-0.1, -0.05) is 4.85 Å². The van der Waals surface area contributed by atoms with E-state index in [2.05, 4.69) is 26.1 Å². The highest BCUT2D eigenvalue weighted by atomic mass is 16.7. The van der Waals surface area contributed by atoms with Gasteiger partial charge >= 0.3 is 6.09 Å². The number of tetrazole rings is 1. The minimum absolute atomic E-state index is 0.360. The number of aromatic nitrogens is 4. The van der Waals surface area contributed by atoms with E-state index in [1.807, 2.05) is 0 Å². The fourth-order valence-electron chi connectivity index (χ4n) is 0.394. The van der Waals surface area contributed by atoms with Gasteiger partial charge in [-0.15, -0.1) is 5.10 Å². The molecule has 0 radical (unpaired) electrons. The molecule has 0 aromatic carbocycles. The van der Waals surface area contributed by atoms with Crippen molar-refractivity contribution in [3.8, 4) is 0 Å². The van der Waals surface area contributed by atoms with Gasteiger partial charge in [0, 0.05) is 6.92 Å². The van der Waals surface area contributed by atoms with Crippen molar-refractivity contribution < 1.29 is 9.63 Å². The Labute approximate surface area is 55.7 Å². The lowest BCUT2D eigenvalue weighted by Crippen LogP contribution is -2.27. The van der Waals surface area contributed by atoms with Crippen LogP contribution in [0.25, 0.3) is 0 Å². The molecule has 10 heavy (non-hydrogen) atoms. The summed E-state index contributed by atoms with van der Waals surface area (Å²) in [6, 6.07) is 0. The van der Waals surface area contributed by atoms with E-state index < -0.39 is 6.09 Å². The zero-order valence-corrected chi connectivity index (χ0v) is 5.18. The number of primary amides is 1. The highest BCUT2D eigenvalue weighted by molar-refractivity contribution is 5.64. The molecule has 0 saturated heterocycles. The third-order valence-corrected chi connectivity index (χ3v) is 0.764. The molecule has 0 unspecified atom stereocenters. The molecule has 7 nitrogen and oxygen atoms in total. The van der Waals surface area contributed by atoms with Crippen molar-refractivity contribution in [2.24, 2.45) is 5.73 Å². The summed E-state index contributed by atoms with van der Waals surface area (Å²) in [7, 11) is 0. The molecule has 7 heteroatoms. The van der Waals surface area contributed by atoms with Gasteiger partial charge in [0.25, 0.3) is 0 Å². The number of nitrogens with zero attached hydrogens (tertiary/aromatic N) is 4. The zero-order valence-electron chi connectivity index (χ0n) is 5.18. The van der Waals surface area contributed by atoms with Crippen LogP contribution in [-0.4, -0.2) is 26.5 Å². The quantitative estimate of drug-likeness (QED) is 0.482. The SMILES string of the molecule is Cc1nnnn1OC(N)=O. The van der Waals surface area contributed by atoms with Crippen molar-refractivity contribution in [3.05, 3.63) is 5.82 Å². The Bertz CT molecular complexity index is 243. The summed E-state index contributed by atoms with van der Waals surface area (Å²) in [6.45, 7) is 1.57. The maximum absolute atomic E-state index is 10.1. The van der Waals surface area contributed by atoms with Crippen LogP contribution in [0, 0.1) is 6.92 Å². The first-order valence-electron chi connectivity index (χ1n) is 2.43. The summed E-state index contributed by atoms with van der Waals surface area (Å²) in [5, 5.41) is 9.93. The summed E-state index contributed by atoms with van der Waals surface area (Å²) < 4.78 is 0. The molecular weight excluding hydrogens is 138 g/mol. The predicted molar refractivity (Wildman–Crippen MR) is 28.7 cm³/mol. The molecule has 1 heterocycles. The Kier molecular flexibility index (Phi) is 1.48. The summed E-state index contributed by atoms with van der Waals surface area (Å²) in [5.41, 5.74) is 4.68. The number of hydrogen-bond donors (Lipinski definition) is 1. The number of aryl methyl sites for hydroxylation is 1. The van der Waals surface area contributed by atoms with Gasteiger partial charge in [0.15, 0.2) is 5.82 Å². The molecule has 1 aromatic rings. The fraction of sp³-hybridized carbons (Fsp3) is 0.333. The van der Waals surface area contributed by atoms with Crippen LogP contribution in [-0.2, 0) is 0 Å². The molecule has 0 spiro atoms. The third kappa shape index (κ3) is 1.19. The van der Waals surface area contributed by atoms with Crippen molar-refractivity contribution >= 4 is 6.09 Å². The Morgan fingerprint density at radius 2 is 2.50 bits per heavy atom. The van der Waals surface area contributed by atoms with Gasteiger partial charge in [-0.2, -0.15) is 0 Å². The molecule has 2 N–H and O–H groups in total. The minimum Gasteiger partial charge on any atom is -0.333 e. The lowest BCUT2D eigenvalue weighted by Gasteiger charge is -1.95. The molecule has 0 aliphatic heterocycles. The molecule has 54 valence electrons. The zero-order chi connectivity index (χ0) is 7.56. The second-order valence-corrected chi connectivity index (χ2v) is 1.51. The number of nitrogens with two attached hydrogens (primary N) is 1. The first-order valence-corrected chi connectivity index (χ1v) is 2.43. The molecule has 1 amide bonds. The second-order valence-electron chi connectivity index (χ2n) is 1.51. The van der Waals surface area contributed by atoms with Crippen molar-refractivity contribution in [2.45, 2.75) is 6.92 Å². The van der Waals surface area contributed by atoms with Gasteiger partial charge in [0.2, 0.25) is 0 Å². The van der Waals surface area contributed by atoms with E-state index in [1.165, 1.54) is 0 Å². The van der Waals surface area contributed by atoms with E-state index in [-0.39, 0.29) is 0 Å². The Morgan fingerprint density at radius 3 is 2.90 bits per heavy atom. The number of carbonyl (C=O) groups is 1. The highest BCUT2D eigenvalue weighted by Gasteiger charge is 2.02. The molecule has 0 fully saturated rings. The maximum Gasteiger partial charge on any atom is 0.430 e. The predicted octanol–water partition coefficient (Wildman–Crippen LogP) is -1.51. The van der Waals surface area contributed by atoms with Gasteiger partial charge in [0.05, 0.1) is 0 Å². The molecule has 1 aromatic heterocycles. The van der Waals surface area contributed by atoms with Crippen LogP contribution in [0.5, 0.6) is 0 Å². The molecular formula is C3H5N5O2. The summed E-state index contributed by atoms with van der Waals surface area (Å²) >= 11 is 0. The maximum atomic E-state index is 10.1. The lowest BCUT2D eigenvalue weighted by molar-refractivity contribution is 0.119. The number of hydrogen-bond acceptors (Lipinski definition) is 5. The summed E-state index contributed by atoms with van der Waals surface area (Å²) in [6.07, 6.45) is -0.949. The van der Waals surface area contributed by atoms with Crippen LogP contribution >= 0.6 is 0 Å². The standard InChI is InChI=1S/C3H5N5O2/c1-2-5-6-7-8(2)10-3(4)9/h1H3,(H2,4,9). The van der Waals surface area contributed by atoms with E-state index in [0.29, 0.717) is 5.82 Å². The summed E-state index contributed by atoms with van der Waals surface area (Å²) in [4.78, 5) is 15.2. The van der Waals surface area contributed by atoms with Crippen LogP contribution in [0.1, 0.15) is 5.82 Å². The van der Waals surface area contributed by atoms with Crippen LogP contribution in [0.4, 0.5) is 4.79 Å². The first kappa shape index (κ1) is 6.46. The molecule has 0 bridgehead atoms. The number of rotatable bonds is 1. The average molecular weight is 143 g/mol. The van der Waals surface area contributed by atoms with Crippen molar-refractivity contribution in [3.63, 3.8) is 0 Å². The Balaban J connectivity index is 2.74. The third-order valence-electron chi connectivity index (χ3n) is 0.764. The van der Waals surface area contributed by atoms with E-state index in [9.17, 15) is 4.79 Å². The molecule has 0 atom stereocenters. The van der Waals surface area contributed by atoms with Gasteiger partial charge in [-0.05, 0) is 10.4 Å². The normalized spacial score (nSPS) is 9.30. The first-order chi connectivity index (χ1) is 4.70. The molecule has 0 saturated carbocycles. The monoisotopic (exact) mass is 143 g/mol. The van der Waals surface area contributed by atoms with Crippen LogP contribution in [0.3, 0.4) is 0 Å². The van der Waals surface area contributed by atoms with Gasteiger partial charge in [-0.25, -0.2) is 4.79 Å². The van der Waals surface area contributed by atoms with Gasteiger partial charge < -0.3 is 5.73 Å². The smallest absolute Gasteiger partial charge is 0.333 e. The number of carbonyl (C=O) groups excluding carboxylic acids is 1. The second kappa shape index (κ2) is 2.29. The minimum atomic E-state index is -0.949. The molecule has 1 rings (SSSR count). The van der Waals surface area contributed by atoms with Crippen LogP contribution in [0.15, 0.2) is 0 Å². The molecule has 0 aliphatic carbocycles. The summed E-state index contributed by atoms with van der Waals surface area (Å²) in [5.74, 6) is 0.360. The highest BCUT2D eigenvalue weighted by Crippen LogP contribution is 1.81. The Hall–Kier alpha value is -1.66. The topological polar surface area (TPSA) is 95.9 Å². The number of amides is 1. The van der Waals surface area contributed by atoms with Gasteiger partial charge in [-0.3, -0.25) is 4.84 Å². The van der Waals surface area contributed by atoms with Crippen molar-refractivity contribution in [1.29, 1.82) is 0 Å². The van der Waals surface area contributed by atoms with Crippen molar-refractivity contribution in [2.75, 3.05) is 0 Å². The van der Waals surface area contributed by atoms with Crippen molar-refractivity contribution in [1.82, 2.24) is 20.4 Å². The largest absolute Gasteiger partial charge is 0.430 e. The van der Waals surface area contributed by atoms with E-state index in [1.54, 1.807) is 6.92 Å². The average Bonchev–Trinajstić information content (AvgIpc) is 2.15. The van der Waals surface area contributed by atoms with Crippen LogP contribution < -0.4 is 10.6 Å². The van der Waals surface area contributed by atoms with E-state index in [4.69, 9.17) is 0 Å². The van der Waals surface area contributed by atoms with E-state index >= 15 is 0 Å². The molecule has 0 aliphatic rings. The van der Waals surface area contributed by atoms with Gasteiger partial charge in [0.1, 0.15) is 0 Å². The van der Waals surface area contributed by atoms with E-state index in [0.717, 1.165) is 4.85 Å². The van der Waals surface area contributed by atoms with Crippen LogP contribution in [0.2, 0.25) is 0 Å². The Morgan fingerprint density at radius 1 is 1.80 bits per heavy atom.